The van der Waals surface area contributed by atoms with Crippen molar-refractivity contribution < 1.29 is 14.3 Å². The number of fused-ring (bicyclic) bond motifs is 1. The first kappa shape index (κ1) is 22.5. The van der Waals surface area contributed by atoms with Crippen LogP contribution in [0.2, 0.25) is 0 Å². The Balaban J connectivity index is 1.51. The number of urea groups is 1. The standard InChI is InChI=1S/C25H27N5O3S/c1-2-33-24(31)21-22(28-23(34-21)17-9-11-26-12-10-17)30-16-19-18(15-29-13-4-3-5-14-29)7-6-8-20(19)27-25(30)32/h6-12H,2-5,13-16H2,1H3,(H,27,32). The second-order valence-corrected chi connectivity index (χ2v) is 9.42. The summed E-state index contributed by atoms with van der Waals surface area (Å²) in [5.41, 5.74) is 3.89. The number of ether oxygens (including phenoxy) is 1. The average Bonchev–Trinajstić information content (AvgIpc) is 3.31. The van der Waals surface area contributed by atoms with Gasteiger partial charge in [0.15, 0.2) is 10.7 Å². The molecule has 0 unspecified atom stereocenters. The minimum atomic E-state index is -0.476. The SMILES string of the molecule is CCOC(=O)c1sc(-c2ccncc2)nc1N1Cc2c(CN3CCCCC3)cccc2NC1=O. The number of carbonyl (C=O) groups excluding carboxylic acids is 2. The van der Waals surface area contributed by atoms with Gasteiger partial charge < -0.3 is 10.1 Å². The van der Waals surface area contributed by atoms with Crippen LogP contribution in [0, 0.1) is 0 Å². The van der Waals surface area contributed by atoms with Crippen LogP contribution in [0.3, 0.4) is 0 Å². The van der Waals surface area contributed by atoms with E-state index >= 15 is 0 Å². The Bertz CT molecular complexity index is 1190. The molecule has 3 aromatic rings. The fraction of sp³-hybridized carbons (Fsp3) is 0.360. The fourth-order valence-corrected chi connectivity index (χ4v) is 5.44. The topological polar surface area (TPSA) is 87.7 Å². The summed E-state index contributed by atoms with van der Waals surface area (Å²) in [6, 6.07) is 9.40. The lowest BCUT2D eigenvalue weighted by molar-refractivity contribution is 0.0532. The molecule has 2 amide bonds. The minimum absolute atomic E-state index is 0.246. The molecule has 0 radical (unpaired) electrons. The number of thiazole rings is 1. The lowest BCUT2D eigenvalue weighted by Gasteiger charge is -2.32. The number of hydrogen-bond donors (Lipinski definition) is 1. The van der Waals surface area contributed by atoms with Crippen LogP contribution in [0.25, 0.3) is 10.6 Å². The van der Waals surface area contributed by atoms with Gasteiger partial charge in [0, 0.05) is 35.8 Å². The minimum Gasteiger partial charge on any atom is -0.462 e. The summed E-state index contributed by atoms with van der Waals surface area (Å²) in [6.07, 6.45) is 7.08. The van der Waals surface area contributed by atoms with Crippen LogP contribution in [0.4, 0.5) is 16.3 Å². The number of aromatic nitrogens is 2. The summed E-state index contributed by atoms with van der Waals surface area (Å²) in [5.74, 6) is -0.151. The summed E-state index contributed by atoms with van der Waals surface area (Å²) in [4.78, 5) is 39.1. The van der Waals surface area contributed by atoms with E-state index in [-0.39, 0.29) is 12.6 Å². The number of carbonyl (C=O) groups is 2. The van der Waals surface area contributed by atoms with E-state index in [1.807, 2.05) is 24.3 Å². The quantitative estimate of drug-likeness (QED) is 0.507. The molecule has 4 heterocycles. The summed E-state index contributed by atoms with van der Waals surface area (Å²) >= 11 is 1.23. The molecule has 2 aliphatic rings. The number of nitrogens with one attached hydrogen (secondary N) is 1. The summed E-state index contributed by atoms with van der Waals surface area (Å²) in [5, 5.41) is 3.64. The third kappa shape index (κ3) is 4.53. The van der Waals surface area contributed by atoms with Gasteiger partial charge in [0.2, 0.25) is 0 Å². The lowest BCUT2D eigenvalue weighted by atomic mass is 10.0. The van der Waals surface area contributed by atoms with Crippen molar-refractivity contribution in [2.45, 2.75) is 39.3 Å². The van der Waals surface area contributed by atoms with Gasteiger partial charge in [0.25, 0.3) is 0 Å². The lowest BCUT2D eigenvalue weighted by Crippen LogP contribution is -2.40. The number of hydrogen-bond acceptors (Lipinski definition) is 7. The Morgan fingerprint density at radius 3 is 2.71 bits per heavy atom. The maximum Gasteiger partial charge on any atom is 0.352 e. The molecule has 0 aliphatic carbocycles. The van der Waals surface area contributed by atoms with Crippen LogP contribution >= 0.6 is 11.3 Å². The molecule has 0 spiro atoms. The molecule has 176 valence electrons. The molecule has 9 heteroatoms. The average molecular weight is 478 g/mol. The fourth-order valence-electron chi connectivity index (χ4n) is 4.47. The number of nitrogens with zero attached hydrogens (tertiary/aromatic N) is 4. The van der Waals surface area contributed by atoms with E-state index in [1.165, 1.54) is 36.2 Å². The number of amides is 2. The molecule has 5 rings (SSSR count). The maximum absolute atomic E-state index is 13.1. The molecule has 2 aromatic heterocycles. The molecule has 0 saturated carbocycles. The first-order valence-corrected chi connectivity index (χ1v) is 12.5. The van der Waals surface area contributed by atoms with E-state index in [0.717, 1.165) is 36.4 Å². The number of esters is 1. The molecule has 1 aromatic carbocycles. The van der Waals surface area contributed by atoms with E-state index in [0.29, 0.717) is 22.2 Å². The van der Waals surface area contributed by atoms with Crippen molar-refractivity contribution in [2.24, 2.45) is 0 Å². The predicted octanol–water partition coefficient (Wildman–Crippen LogP) is 4.92. The van der Waals surface area contributed by atoms with Gasteiger partial charge in [-0.3, -0.25) is 14.8 Å². The van der Waals surface area contributed by atoms with Gasteiger partial charge in [-0.25, -0.2) is 14.6 Å². The first-order chi connectivity index (χ1) is 16.6. The number of likely N-dealkylation sites (tertiary alicyclic amines) is 1. The maximum atomic E-state index is 13.1. The molecule has 1 fully saturated rings. The van der Waals surface area contributed by atoms with Gasteiger partial charge in [-0.05, 0) is 56.6 Å². The molecule has 34 heavy (non-hydrogen) atoms. The summed E-state index contributed by atoms with van der Waals surface area (Å²) in [6.45, 7) is 5.38. The number of anilines is 2. The van der Waals surface area contributed by atoms with Crippen LogP contribution in [-0.4, -0.2) is 46.6 Å². The number of rotatable bonds is 6. The van der Waals surface area contributed by atoms with Crippen molar-refractivity contribution in [3.8, 4) is 10.6 Å². The van der Waals surface area contributed by atoms with E-state index in [2.05, 4.69) is 21.3 Å². The third-order valence-electron chi connectivity index (χ3n) is 6.17. The Kier molecular flexibility index (Phi) is 6.55. The Morgan fingerprint density at radius 2 is 1.94 bits per heavy atom. The highest BCUT2D eigenvalue weighted by molar-refractivity contribution is 7.17. The molecule has 0 atom stereocenters. The Labute approximate surface area is 202 Å². The van der Waals surface area contributed by atoms with E-state index in [4.69, 9.17) is 9.72 Å². The highest BCUT2D eigenvalue weighted by Crippen LogP contribution is 2.37. The second-order valence-electron chi connectivity index (χ2n) is 8.42. The summed E-state index contributed by atoms with van der Waals surface area (Å²) < 4.78 is 5.29. The summed E-state index contributed by atoms with van der Waals surface area (Å²) in [7, 11) is 0. The zero-order valence-corrected chi connectivity index (χ0v) is 19.9. The molecular formula is C25H27N5O3S. The molecule has 0 bridgehead atoms. The van der Waals surface area contributed by atoms with Gasteiger partial charge in [-0.15, -0.1) is 11.3 Å². The molecule has 2 aliphatic heterocycles. The van der Waals surface area contributed by atoms with Gasteiger partial charge in [-0.2, -0.15) is 0 Å². The molecule has 8 nitrogen and oxygen atoms in total. The van der Waals surface area contributed by atoms with E-state index in [9.17, 15) is 9.59 Å². The number of benzene rings is 1. The molecule has 1 saturated heterocycles. The van der Waals surface area contributed by atoms with Crippen LogP contribution in [0.1, 0.15) is 47.0 Å². The first-order valence-electron chi connectivity index (χ1n) is 11.6. The zero-order chi connectivity index (χ0) is 23.5. The van der Waals surface area contributed by atoms with Gasteiger partial charge in [-0.1, -0.05) is 18.6 Å². The smallest absolute Gasteiger partial charge is 0.352 e. The van der Waals surface area contributed by atoms with Crippen molar-refractivity contribution in [3.05, 3.63) is 58.7 Å². The predicted molar refractivity (Wildman–Crippen MR) is 132 cm³/mol. The molecule has 1 N–H and O–H groups in total. The Morgan fingerprint density at radius 1 is 1.15 bits per heavy atom. The monoisotopic (exact) mass is 477 g/mol. The Hall–Kier alpha value is -3.30. The third-order valence-corrected chi connectivity index (χ3v) is 7.25. The van der Waals surface area contributed by atoms with Crippen molar-refractivity contribution in [3.63, 3.8) is 0 Å². The van der Waals surface area contributed by atoms with Gasteiger partial charge in [0.1, 0.15) is 5.01 Å². The van der Waals surface area contributed by atoms with E-state index in [1.54, 1.807) is 24.2 Å². The van der Waals surface area contributed by atoms with Crippen molar-refractivity contribution in [1.29, 1.82) is 0 Å². The second kappa shape index (κ2) is 9.90. The normalized spacial score (nSPS) is 16.1. The van der Waals surface area contributed by atoms with Gasteiger partial charge >= 0.3 is 12.0 Å². The van der Waals surface area contributed by atoms with Crippen LogP contribution < -0.4 is 10.2 Å². The van der Waals surface area contributed by atoms with Crippen LogP contribution in [0.15, 0.2) is 42.7 Å². The van der Waals surface area contributed by atoms with E-state index < -0.39 is 5.97 Å². The number of pyridine rings is 1. The zero-order valence-electron chi connectivity index (χ0n) is 19.1. The van der Waals surface area contributed by atoms with Gasteiger partial charge in [0.05, 0.1) is 13.2 Å². The number of piperidine rings is 1. The van der Waals surface area contributed by atoms with Crippen molar-refractivity contribution >= 4 is 34.8 Å². The largest absolute Gasteiger partial charge is 0.462 e. The highest BCUT2D eigenvalue weighted by Gasteiger charge is 2.32. The van der Waals surface area contributed by atoms with Crippen molar-refractivity contribution in [2.75, 3.05) is 29.9 Å². The molecular weight excluding hydrogens is 450 g/mol. The highest BCUT2D eigenvalue weighted by atomic mass is 32.1. The van der Waals surface area contributed by atoms with Crippen LogP contribution in [0.5, 0.6) is 0 Å². The van der Waals surface area contributed by atoms with Crippen LogP contribution in [-0.2, 0) is 17.8 Å². The van der Waals surface area contributed by atoms with Crippen molar-refractivity contribution in [1.82, 2.24) is 14.9 Å².